The van der Waals surface area contributed by atoms with Crippen molar-refractivity contribution >= 4 is 0 Å². The first-order valence-corrected chi connectivity index (χ1v) is 10.7. The van der Waals surface area contributed by atoms with Gasteiger partial charge in [-0.15, -0.1) is 0 Å². The number of rotatable bonds is 11. The van der Waals surface area contributed by atoms with Crippen LogP contribution in [0.25, 0.3) is 0 Å². The van der Waals surface area contributed by atoms with Crippen LogP contribution in [-0.4, -0.2) is 48.6 Å². The molecule has 0 saturated carbocycles. The molecular formula is C23H40N2O. The molecule has 0 aromatic heterocycles. The Morgan fingerprint density at radius 3 is 2.12 bits per heavy atom. The van der Waals surface area contributed by atoms with Gasteiger partial charge < -0.3 is 4.74 Å². The molecule has 0 bridgehead atoms. The Hall–Kier alpha value is -1.06. The fourth-order valence-electron chi connectivity index (χ4n) is 3.59. The van der Waals surface area contributed by atoms with E-state index in [2.05, 4.69) is 61.8 Å². The lowest BCUT2D eigenvalue weighted by atomic mass is 10.0. The third-order valence-corrected chi connectivity index (χ3v) is 5.41. The first-order chi connectivity index (χ1) is 12.5. The van der Waals surface area contributed by atoms with Crippen LogP contribution in [0.1, 0.15) is 65.4 Å². The second kappa shape index (κ2) is 11.6. The number of benzene rings is 1. The molecule has 0 spiro atoms. The number of ether oxygens (including phenoxy) is 1. The molecule has 0 N–H and O–H groups in total. The van der Waals surface area contributed by atoms with Crippen molar-refractivity contribution in [1.82, 2.24) is 9.80 Å². The molecule has 1 heterocycles. The van der Waals surface area contributed by atoms with E-state index >= 15 is 0 Å². The van der Waals surface area contributed by atoms with Gasteiger partial charge in [0.05, 0.1) is 6.61 Å². The van der Waals surface area contributed by atoms with Gasteiger partial charge in [0, 0.05) is 38.8 Å². The average molecular weight is 361 g/mol. The van der Waals surface area contributed by atoms with Crippen molar-refractivity contribution in [3.05, 3.63) is 29.8 Å². The van der Waals surface area contributed by atoms with Crippen LogP contribution in [0, 0.1) is 5.92 Å². The van der Waals surface area contributed by atoms with E-state index in [-0.39, 0.29) is 0 Å². The highest BCUT2D eigenvalue weighted by Crippen LogP contribution is 2.16. The molecule has 0 atom stereocenters. The van der Waals surface area contributed by atoms with Gasteiger partial charge in [-0.2, -0.15) is 0 Å². The van der Waals surface area contributed by atoms with Gasteiger partial charge in [-0.1, -0.05) is 51.7 Å². The third kappa shape index (κ3) is 8.09. The van der Waals surface area contributed by atoms with Crippen LogP contribution >= 0.6 is 0 Å². The molecule has 0 amide bonds. The van der Waals surface area contributed by atoms with Crippen molar-refractivity contribution in [3.8, 4) is 5.75 Å². The zero-order valence-electron chi connectivity index (χ0n) is 17.5. The Labute approximate surface area is 161 Å². The lowest BCUT2D eigenvalue weighted by Crippen LogP contribution is -2.48. The predicted octanol–water partition coefficient (Wildman–Crippen LogP) is 5.20. The van der Waals surface area contributed by atoms with E-state index in [4.69, 9.17) is 4.74 Å². The molecule has 0 unspecified atom stereocenters. The van der Waals surface area contributed by atoms with Crippen LogP contribution in [0.3, 0.4) is 0 Å². The molecule has 2 rings (SSSR count). The topological polar surface area (TPSA) is 15.7 Å². The SMILES string of the molecule is CC(C)CCCCCCOc1ccc(CN2CCN(C(C)C)CC2)cc1. The molecule has 148 valence electrons. The molecule has 3 heteroatoms. The van der Waals surface area contributed by atoms with Crippen LogP contribution < -0.4 is 4.74 Å². The first-order valence-electron chi connectivity index (χ1n) is 10.7. The second-order valence-electron chi connectivity index (χ2n) is 8.50. The maximum absolute atomic E-state index is 5.90. The van der Waals surface area contributed by atoms with Gasteiger partial charge in [0.1, 0.15) is 5.75 Å². The summed E-state index contributed by atoms with van der Waals surface area (Å²) in [5.74, 6) is 1.85. The number of nitrogens with zero attached hydrogens (tertiary/aromatic N) is 2. The van der Waals surface area contributed by atoms with Crippen LogP contribution in [0.2, 0.25) is 0 Å². The number of hydrogen-bond acceptors (Lipinski definition) is 3. The summed E-state index contributed by atoms with van der Waals surface area (Å²) in [6.45, 7) is 15.8. The maximum atomic E-state index is 5.90. The van der Waals surface area contributed by atoms with Gasteiger partial charge in [0.25, 0.3) is 0 Å². The van der Waals surface area contributed by atoms with E-state index in [0.29, 0.717) is 6.04 Å². The Morgan fingerprint density at radius 1 is 0.846 bits per heavy atom. The van der Waals surface area contributed by atoms with Crippen molar-refractivity contribution in [2.45, 2.75) is 72.4 Å². The van der Waals surface area contributed by atoms with Gasteiger partial charge in [0.15, 0.2) is 0 Å². The van der Waals surface area contributed by atoms with E-state index in [9.17, 15) is 0 Å². The zero-order valence-corrected chi connectivity index (χ0v) is 17.5. The average Bonchev–Trinajstić information content (AvgIpc) is 2.62. The molecule has 26 heavy (non-hydrogen) atoms. The Balaban J connectivity index is 1.59. The monoisotopic (exact) mass is 360 g/mol. The summed E-state index contributed by atoms with van der Waals surface area (Å²) in [5.41, 5.74) is 1.39. The minimum absolute atomic E-state index is 0.670. The van der Waals surface area contributed by atoms with Crippen LogP contribution in [0.5, 0.6) is 5.75 Å². The highest BCUT2D eigenvalue weighted by atomic mass is 16.5. The lowest BCUT2D eigenvalue weighted by Gasteiger charge is -2.36. The minimum atomic E-state index is 0.670. The minimum Gasteiger partial charge on any atom is -0.494 e. The van der Waals surface area contributed by atoms with E-state index in [1.165, 1.54) is 63.8 Å². The lowest BCUT2D eigenvalue weighted by molar-refractivity contribution is 0.104. The van der Waals surface area contributed by atoms with Crippen molar-refractivity contribution in [1.29, 1.82) is 0 Å². The van der Waals surface area contributed by atoms with Crippen LogP contribution in [0.15, 0.2) is 24.3 Å². The number of unbranched alkanes of at least 4 members (excludes halogenated alkanes) is 3. The number of piperazine rings is 1. The fraction of sp³-hybridized carbons (Fsp3) is 0.739. The number of hydrogen-bond donors (Lipinski definition) is 0. The van der Waals surface area contributed by atoms with Crippen molar-refractivity contribution in [2.24, 2.45) is 5.92 Å². The first kappa shape index (κ1) is 21.2. The van der Waals surface area contributed by atoms with Gasteiger partial charge in [-0.25, -0.2) is 0 Å². The summed E-state index contributed by atoms with van der Waals surface area (Å²) in [6, 6.07) is 9.40. The van der Waals surface area contributed by atoms with Crippen LogP contribution in [-0.2, 0) is 6.54 Å². The quantitative estimate of drug-likeness (QED) is 0.505. The molecule has 1 aromatic rings. The standard InChI is InChI=1S/C23H40N2O/c1-20(2)9-7-5-6-8-18-26-23-12-10-22(11-13-23)19-24-14-16-25(17-15-24)21(3)4/h10-13,20-21H,5-9,14-19H2,1-4H3. The van der Waals surface area contributed by atoms with Crippen molar-refractivity contribution in [2.75, 3.05) is 32.8 Å². The van der Waals surface area contributed by atoms with Gasteiger partial charge in [-0.3, -0.25) is 9.80 Å². The molecule has 0 aliphatic carbocycles. The molecule has 1 aliphatic rings. The highest BCUT2D eigenvalue weighted by Gasteiger charge is 2.18. The summed E-state index contributed by atoms with van der Waals surface area (Å²) < 4.78 is 5.90. The maximum Gasteiger partial charge on any atom is 0.119 e. The largest absolute Gasteiger partial charge is 0.494 e. The molecule has 1 aromatic carbocycles. The second-order valence-corrected chi connectivity index (χ2v) is 8.50. The third-order valence-electron chi connectivity index (χ3n) is 5.41. The summed E-state index contributed by atoms with van der Waals surface area (Å²) >= 11 is 0. The van der Waals surface area contributed by atoms with Gasteiger partial charge in [-0.05, 0) is 43.9 Å². The van der Waals surface area contributed by atoms with E-state index < -0.39 is 0 Å². The van der Waals surface area contributed by atoms with Crippen molar-refractivity contribution < 1.29 is 4.74 Å². The van der Waals surface area contributed by atoms with Gasteiger partial charge >= 0.3 is 0 Å². The highest BCUT2D eigenvalue weighted by molar-refractivity contribution is 5.27. The molecular weight excluding hydrogens is 320 g/mol. The van der Waals surface area contributed by atoms with Crippen LogP contribution in [0.4, 0.5) is 0 Å². The summed E-state index contributed by atoms with van der Waals surface area (Å²) in [5, 5.41) is 0. The fourth-order valence-corrected chi connectivity index (χ4v) is 3.59. The molecule has 3 nitrogen and oxygen atoms in total. The van der Waals surface area contributed by atoms with Crippen molar-refractivity contribution in [3.63, 3.8) is 0 Å². The molecule has 1 saturated heterocycles. The van der Waals surface area contributed by atoms with E-state index in [0.717, 1.165) is 24.8 Å². The normalized spacial score (nSPS) is 16.5. The van der Waals surface area contributed by atoms with E-state index in [1.807, 2.05) is 0 Å². The molecule has 1 aliphatic heterocycles. The summed E-state index contributed by atoms with van der Waals surface area (Å²) in [6.07, 6.45) is 6.50. The molecule has 0 radical (unpaired) electrons. The summed E-state index contributed by atoms with van der Waals surface area (Å²) in [4.78, 5) is 5.13. The smallest absolute Gasteiger partial charge is 0.119 e. The Morgan fingerprint density at radius 2 is 1.50 bits per heavy atom. The Kier molecular flexibility index (Phi) is 9.49. The van der Waals surface area contributed by atoms with Gasteiger partial charge in [0.2, 0.25) is 0 Å². The van der Waals surface area contributed by atoms with E-state index in [1.54, 1.807) is 0 Å². The zero-order chi connectivity index (χ0) is 18.8. The molecule has 1 fully saturated rings. The summed E-state index contributed by atoms with van der Waals surface area (Å²) in [7, 11) is 0. The predicted molar refractivity (Wildman–Crippen MR) is 112 cm³/mol. The Bertz CT molecular complexity index is 475.